The summed E-state index contributed by atoms with van der Waals surface area (Å²) < 4.78 is 24.0. The summed E-state index contributed by atoms with van der Waals surface area (Å²) in [5.41, 5.74) is 0.629. The third-order valence-electron chi connectivity index (χ3n) is 3.28. The average molecular weight is 280 g/mol. The fourth-order valence-corrected chi connectivity index (χ4v) is 2.28. The van der Waals surface area contributed by atoms with Crippen LogP contribution < -0.4 is 9.80 Å². The fraction of sp³-hybridized carbons (Fsp3) is 0.385. The van der Waals surface area contributed by atoms with Crippen molar-refractivity contribution in [3.05, 3.63) is 24.0 Å². The molecule has 0 saturated carbocycles. The third-order valence-corrected chi connectivity index (χ3v) is 3.28. The highest BCUT2D eigenvalue weighted by atomic mass is 19.1. The smallest absolute Gasteiger partial charge is 0.414 e. The topological polar surface area (TPSA) is 59.1 Å². The molecule has 0 bridgehead atoms. The zero-order valence-electron chi connectivity index (χ0n) is 10.7. The lowest BCUT2D eigenvalue weighted by atomic mass is 10.2. The zero-order chi connectivity index (χ0) is 14.1. The van der Waals surface area contributed by atoms with Crippen molar-refractivity contribution < 1.29 is 23.5 Å². The molecule has 0 spiro atoms. The van der Waals surface area contributed by atoms with Crippen LogP contribution in [0.4, 0.5) is 20.6 Å². The van der Waals surface area contributed by atoms with E-state index in [2.05, 4.69) is 0 Å². The number of hydrogen-bond donors (Lipinski definition) is 0. The number of morpholine rings is 1. The normalized spacial score (nSPS) is 19.4. The first kappa shape index (κ1) is 12.9. The van der Waals surface area contributed by atoms with Crippen LogP contribution in [0.5, 0.6) is 0 Å². The van der Waals surface area contributed by atoms with E-state index in [0.717, 1.165) is 0 Å². The van der Waals surface area contributed by atoms with E-state index < -0.39 is 11.9 Å². The second-order valence-corrected chi connectivity index (χ2v) is 4.50. The van der Waals surface area contributed by atoms with Crippen LogP contribution in [-0.2, 0) is 14.3 Å². The molecule has 2 saturated heterocycles. The molecule has 3 rings (SSSR count). The van der Waals surface area contributed by atoms with Gasteiger partial charge in [-0.1, -0.05) is 0 Å². The molecule has 1 aromatic carbocycles. The van der Waals surface area contributed by atoms with Gasteiger partial charge in [-0.05, 0) is 18.2 Å². The summed E-state index contributed by atoms with van der Waals surface area (Å²) in [5, 5.41) is 0. The molecule has 0 radical (unpaired) electrons. The van der Waals surface area contributed by atoms with Crippen LogP contribution in [0.2, 0.25) is 0 Å². The number of carbonyl (C=O) groups is 2. The predicted octanol–water partition coefficient (Wildman–Crippen LogP) is 1.15. The maximum absolute atomic E-state index is 14.2. The lowest BCUT2D eigenvalue weighted by Crippen LogP contribution is -2.42. The maximum atomic E-state index is 14.2. The molecule has 0 aromatic heterocycles. The van der Waals surface area contributed by atoms with Crippen LogP contribution in [0.25, 0.3) is 0 Å². The van der Waals surface area contributed by atoms with E-state index in [1.165, 1.54) is 21.9 Å². The van der Waals surface area contributed by atoms with E-state index in [0.29, 0.717) is 32.0 Å². The Hall–Kier alpha value is -2.15. The second-order valence-electron chi connectivity index (χ2n) is 4.50. The molecule has 1 aromatic rings. The molecule has 6 nitrogen and oxygen atoms in total. The van der Waals surface area contributed by atoms with Gasteiger partial charge in [0.1, 0.15) is 19.0 Å². The number of anilines is 2. The number of benzene rings is 1. The van der Waals surface area contributed by atoms with E-state index in [1.807, 2.05) is 0 Å². The van der Waals surface area contributed by atoms with Gasteiger partial charge in [0.2, 0.25) is 0 Å². The van der Waals surface area contributed by atoms with Crippen LogP contribution >= 0.6 is 0 Å². The Morgan fingerprint density at radius 1 is 1.10 bits per heavy atom. The Morgan fingerprint density at radius 3 is 2.55 bits per heavy atom. The Bertz CT molecular complexity index is 563. The number of nitrogens with zero attached hydrogens (tertiary/aromatic N) is 2. The minimum atomic E-state index is -0.544. The molecule has 2 amide bonds. The summed E-state index contributed by atoms with van der Waals surface area (Å²) in [7, 11) is 0. The highest BCUT2D eigenvalue weighted by molar-refractivity contribution is 5.95. The Labute approximate surface area is 114 Å². The van der Waals surface area contributed by atoms with Crippen molar-refractivity contribution in [2.24, 2.45) is 0 Å². The Balaban J connectivity index is 1.87. The number of ether oxygens (including phenoxy) is 2. The highest BCUT2D eigenvalue weighted by Gasteiger charge is 2.26. The van der Waals surface area contributed by atoms with Gasteiger partial charge in [0.25, 0.3) is 5.91 Å². The van der Waals surface area contributed by atoms with Gasteiger partial charge in [-0.2, -0.15) is 0 Å². The number of rotatable bonds is 2. The van der Waals surface area contributed by atoms with Gasteiger partial charge >= 0.3 is 6.09 Å². The lowest BCUT2D eigenvalue weighted by molar-refractivity contribution is -0.125. The van der Waals surface area contributed by atoms with Crippen molar-refractivity contribution in [2.75, 3.05) is 42.7 Å². The summed E-state index contributed by atoms with van der Waals surface area (Å²) in [6, 6.07) is 4.35. The van der Waals surface area contributed by atoms with Gasteiger partial charge in [0, 0.05) is 6.54 Å². The van der Waals surface area contributed by atoms with E-state index in [-0.39, 0.29) is 18.2 Å². The van der Waals surface area contributed by atoms with Crippen molar-refractivity contribution >= 4 is 23.4 Å². The quantitative estimate of drug-likeness (QED) is 0.815. The average Bonchev–Trinajstić information content (AvgIpc) is 2.86. The third kappa shape index (κ3) is 2.20. The predicted molar refractivity (Wildman–Crippen MR) is 68.3 cm³/mol. The minimum Gasteiger partial charge on any atom is -0.447 e. The molecule has 2 aliphatic rings. The van der Waals surface area contributed by atoms with Crippen molar-refractivity contribution in [1.29, 1.82) is 0 Å². The summed E-state index contributed by atoms with van der Waals surface area (Å²) >= 11 is 0. The largest absolute Gasteiger partial charge is 0.447 e. The molecule has 0 unspecified atom stereocenters. The standard InChI is InChI=1S/C13H13FN2O4/c14-10-7-9(15-4-6-20-13(15)18)1-2-11(10)16-3-5-19-8-12(16)17/h1-2,7H,3-6,8H2. The summed E-state index contributed by atoms with van der Waals surface area (Å²) in [5.74, 6) is -0.819. The molecule has 2 aliphatic heterocycles. The van der Waals surface area contributed by atoms with Crippen LogP contribution in [0.1, 0.15) is 0 Å². The maximum Gasteiger partial charge on any atom is 0.414 e. The van der Waals surface area contributed by atoms with Crippen molar-refractivity contribution in [1.82, 2.24) is 0 Å². The molecule has 106 valence electrons. The summed E-state index contributed by atoms with van der Waals surface area (Å²) in [6.07, 6.45) is -0.486. The minimum absolute atomic E-state index is 0.0420. The van der Waals surface area contributed by atoms with Crippen LogP contribution in [0.3, 0.4) is 0 Å². The molecular formula is C13H13FN2O4. The number of carbonyl (C=O) groups excluding carboxylic acids is 2. The second kappa shape index (κ2) is 5.09. The first-order chi connectivity index (χ1) is 9.66. The van der Waals surface area contributed by atoms with Crippen LogP contribution in [0, 0.1) is 5.82 Å². The van der Waals surface area contributed by atoms with Gasteiger partial charge < -0.3 is 14.4 Å². The highest BCUT2D eigenvalue weighted by Crippen LogP contribution is 2.27. The number of hydrogen-bond acceptors (Lipinski definition) is 4. The van der Waals surface area contributed by atoms with Crippen molar-refractivity contribution in [2.45, 2.75) is 0 Å². The fourth-order valence-electron chi connectivity index (χ4n) is 2.28. The van der Waals surface area contributed by atoms with Gasteiger partial charge in [-0.15, -0.1) is 0 Å². The van der Waals surface area contributed by atoms with Gasteiger partial charge in [0.05, 0.1) is 24.5 Å². The molecule has 0 atom stereocenters. The molecule has 2 fully saturated rings. The van der Waals surface area contributed by atoms with Gasteiger partial charge in [-0.25, -0.2) is 9.18 Å². The molecular weight excluding hydrogens is 267 g/mol. The van der Waals surface area contributed by atoms with Crippen molar-refractivity contribution in [3.63, 3.8) is 0 Å². The molecule has 0 N–H and O–H groups in total. The number of amides is 2. The van der Waals surface area contributed by atoms with Crippen LogP contribution in [0.15, 0.2) is 18.2 Å². The number of halogens is 1. The molecule has 2 heterocycles. The van der Waals surface area contributed by atoms with E-state index >= 15 is 0 Å². The Morgan fingerprint density at radius 2 is 1.90 bits per heavy atom. The first-order valence-corrected chi connectivity index (χ1v) is 6.29. The lowest BCUT2D eigenvalue weighted by Gasteiger charge is -2.27. The Kier molecular flexibility index (Phi) is 3.27. The monoisotopic (exact) mass is 280 g/mol. The van der Waals surface area contributed by atoms with E-state index in [1.54, 1.807) is 6.07 Å². The first-order valence-electron chi connectivity index (χ1n) is 6.29. The van der Waals surface area contributed by atoms with Crippen molar-refractivity contribution in [3.8, 4) is 0 Å². The van der Waals surface area contributed by atoms with Crippen LogP contribution in [-0.4, -0.2) is 44.9 Å². The molecule has 0 aliphatic carbocycles. The van der Waals surface area contributed by atoms with E-state index in [9.17, 15) is 14.0 Å². The SMILES string of the molecule is O=C1OCCN1c1ccc(N2CCOCC2=O)c(F)c1. The van der Waals surface area contributed by atoms with Gasteiger partial charge in [0.15, 0.2) is 0 Å². The molecule has 7 heteroatoms. The van der Waals surface area contributed by atoms with Gasteiger partial charge in [-0.3, -0.25) is 9.69 Å². The molecule has 20 heavy (non-hydrogen) atoms. The van der Waals surface area contributed by atoms with E-state index in [4.69, 9.17) is 9.47 Å². The summed E-state index contributed by atoms with van der Waals surface area (Å²) in [6.45, 7) is 1.35. The number of cyclic esters (lactones) is 1. The zero-order valence-corrected chi connectivity index (χ0v) is 10.7. The summed E-state index contributed by atoms with van der Waals surface area (Å²) in [4.78, 5) is 25.8.